The molecule has 1 unspecified atom stereocenters. The Morgan fingerprint density at radius 3 is 2.32 bits per heavy atom. The molecule has 1 aromatic heterocycles. The van der Waals surface area contributed by atoms with Crippen molar-refractivity contribution in [2.75, 3.05) is 0 Å². The molecule has 0 aliphatic rings. The van der Waals surface area contributed by atoms with Gasteiger partial charge in [0.1, 0.15) is 6.26 Å². The topological polar surface area (TPSA) is 58.4 Å². The summed E-state index contributed by atoms with van der Waals surface area (Å²) in [6.07, 6.45) is 2.47. The van der Waals surface area contributed by atoms with Crippen LogP contribution in [-0.4, -0.2) is 27.9 Å². The lowest BCUT2D eigenvalue weighted by atomic mass is 9.87. The van der Waals surface area contributed by atoms with E-state index in [1.165, 1.54) is 17.4 Å². The number of benzene rings is 1. The molecule has 0 saturated heterocycles. The van der Waals surface area contributed by atoms with Crippen LogP contribution in [0.2, 0.25) is 0 Å². The first-order valence-electron chi connectivity index (χ1n) is 10.2. The molecule has 0 aliphatic heterocycles. The van der Waals surface area contributed by atoms with Gasteiger partial charge in [-0.3, -0.25) is 9.69 Å². The van der Waals surface area contributed by atoms with Gasteiger partial charge < -0.3 is 9.73 Å². The second-order valence-electron chi connectivity index (χ2n) is 8.86. The molecule has 0 saturated carbocycles. The number of carbonyl (C=O) groups is 1. The summed E-state index contributed by atoms with van der Waals surface area (Å²) < 4.78 is 5.58. The third kappa shape index (κ3) is 6.20. The highest BCUT2D eigenvalue weighted by atomic mass is 16.3. The van der Waals surface area contributed by atoms with Gasteiger partial charge in [0.25, 0.3) is 5.91 Å². The van der Waals surface area contributed by atoms with E-state index in [1.807, 2.05) is 13.8 Å². The van der Waals surface area contributed by atoms with E-state index < -0.39 is 0 Å². The van der Waals surface area contributed by atoms with Crippen molar-refractivity contribution in [2.45, 2.75) is 85.5 Å². The maximum absolute atomic E-state index is 12.1. The van der Waals surface area contributed by atoms with E-state index in [0.717, 1.165) is 13.0 Å². The minimum atomic E-state index is -0.196. The van der Waals surface area contributed by atoms with Gasteiger partial charge in [0.15, 0.2) is 5.69 Å². The largest absolute Gasteiger partial charge is 0.447 e. The number of carbonyl (C=O) groups excluding carboxylic acids is 1. The Balaban J connectivity index is 2.10. The highest BCUT2D eigenvalue weighted by Gasteiger charge is 2.19. The summed E-state index contributed by atoms with van der Waals surface area (Å²) in [5, 5.41) is 2.84. The van der Waals surface area contributed by atoms with Crippen molar-refractivity contribution in [1.29, 1.82) is 0 Å². The molecular formula is C23H35N3O2. The minimum Gasteiger partial charge on any atom is -0.447 e. The first kappa shape index (κ1) is 22.2. The summed E-state index contributed by atoms with van der Waals surface area (Å²) in [7, 11) is 0. The predicted octanol–water partition coefficient (Wildman–Crippen LogP) is 4.91. The molecule has 0 bridgehead atoms. The molecule has 5 heteroatoms. The molecule has 1 aromatic carbocycles. The van der Waals surface area contributed by atoms with Crippen molar-refractivity contribution in [2.24, 2.45) is 0 Å². The molecule has 1 heterocycles. The number of nitrogens with one attached hydrogen (secondary N) is 1. The molecule has 1 N–H and O–H groups in total. The molecular weight excluding hydrogens is 350 g/mol. The van der Waals surface area contributed by atoms with Crippen LogP contribution in [0, 0.1) is 0 Å². The number of aromatic nitrogens is 1. The molecule has 2 aromatic rings. The van der Waals surface area contributed by atoms with Gasteiger partial charge in [0.05, 0.1) is 6.54 Å². The summed E-state index contributed by atoms with van der Waals surface area (Å²) in [5.41, 5.74) is 3.08. The molecule has 1 atom stereocenters. The zero-order chi connectivity index (χ0) is 20.9. The highest BCUT2D eigenvalue weighted by Crippen LogP contribution is 2.23. The van der Waals surface area contributed by atoms with E-state index >= 15 is 0 Å². The molecule has 2 rings (SSSR count). The van der Waals surface area contributed by atoms with Crippen LogP contribution in [0.1, 0.15) is 82.4 Å². The Hall–Kier alpha value is -2.14. The van der Waals surface area contributed by atoms with Crippen LogP contribution >= 0.6 is 0 Å². The fourth-order valence-corrected chi connectivity index (χ4v) is 2.97. The van der Waals surface area contributed by atoms with Crippen molar-refractivity contribution in [1.82, 2.24) is 15.2 Å². The van der Waals surface area contributed by atoms with Gasteiger partial charge in [-0.1, -0.05) is 52.0 Å². The van der Waals surface area contributed by atoms with E-state index in [4.69, 9.17) is 4.42 Å². The predicted molar refractivity (Wildman–Crippen MR) is 113 cm³/mol. The summed E-state index contributed by atoms with van der Waals surface area (Å²) in [5.74, 6) is 0.373. The fourth-order valence-electron chi connectivity index (χ4n) is 2.97. The average molecular weight is 386 g/mol. The molecule has 154 valence electrons. The highest BCUT2D eigenvalue weighted by molar-refractivity contribution is 5.92. The van der Waals surface area contributed by atoms with Gasteiger partial charge in [-0.2, -0.15) is 0 Å². The van der Waals surface area contributed by atoms with Crippen LogP contribution in [0.5, 0.6) is 0 Å². The van der Waals surface area contributed by atoms with Crippen molar-refractivity contribution in [3.63, 3.8) is 0 Å². The first-order valence-corrected chi connectivity index (χ1v) is 10.2. The van der Waals surface area contributed by atoms with E-state index in [-0.39, 0.29) is 17.4 Å². The third-order valence-corrected chi connectivity index (χ3v) is 4.96. The third-order valence-electron chi connectivity index (χ3n) is 4.96. The van der Waals surface area contributed by atoms with Gasteiger partial charge in [-0.05, 0) is 43.7 Å². The maximum Gasteiger partial charge on any atom is 0.273 e. The number of oxazole rings is 1. The number of hydrogen-bond donors (Lipinski definition) is 1. The molecule has 0 radical (unpaired) electrons. The van der Waals surface area contributed by atoms with Crippen LogP contribution in [0.25, 0.3) is 0 Å². The summed E-state index contributed by atoms with van der Waals surface area (Å²) in [6.45, 7) is 16.3. The second-order valence-corrected chi connectivity index (χ2v) is 8.86. The quantitative estimate of drug-likeness (QED) is 0.701. The second kappa shape index (κ2) is 9.37. The lowest BCUT2D eigenvalue weighted by Gasteiger charge is -2.27. The normalized spacial score (nSPS) is 13.2. The van der Waals surface area contributed by atoms with Crippen LogP contribution in [-0.2, 0) is 18.5 Å². The van der Waals surface area contributed by atoms with Crippen molar-refractivity contribution < 1.29 is 9.21 Å². The maximum atomic E-state index is 12.1. The number of rotatable bonds is 8. The van der Waals surface area contributed by atoms with E-state index in [0.29, 0.717) is 24.2 Å². The van der Waals surface area contributed by atoms with Crippen LogP contribution in [0.3, 0.4) is 0 Å². The molecule has 0 spiro atoms. The van der Waals surface area contributed by atoms with E-state index in [1.54, 1.807) is 0 Å². The Morgan fingerprint density at radius 1 is 1.14 bits per heavy atom. The van der Waals surface area contributed by atoms with Gasteiger partial charge >= 0.3 is 0 Å². The van der Waals surface area contributed by atoms with Gasteiger partial charge in [0, 0.05) is 18.6 Å². The molecule has 5 nitrogen and oxygen atoms in total. The Kier molecular flexibility index (Phi) is 7.41. The standard InChI is InChI=1S/C23H35N3O2/c1-8-17(4)26(13-18-9-11-19(12-10-18)23(5,6)7)14-21-25-20(15-28-21)22(27)24-16(2)3/h9-12,15-17H,8,13-14H2,1-7H3,(H,24,27). The van der Waals surface area contributed by atoms with Crippen molar-refractivity contribution in [3.8, 4) is 0 Å². The summed E-state index contributed by atoms with van der Waals surface area (Å²) >= 11 is 0. The Bertz CT molecular complexity index is 757. The molecule has 0 aliphatic carbocycles. The zero-order valence-electron chi connectivity index (χ0n) is 18.4. The van der Waals surface area contributed by atoms with Crippen molar-refractivity contribution >= 4 is 5.91 Å². The molecule has 28 heavy (non-hydrogen) atoms. The lowest BCUT2D eigenvalue weighted by molar-refractivity contribution is 0.0938. The van der Waals surface area contributed by atoms with E-state index in [9.17, 15) is 4.79 Å². The monoisotopic (exact) mass is 385 g/mol. The average Bonchev–Trinajstić information content (AvgIpc) is 3.08. The van der Waals surface area contributed by atoms with Gasteiger partial charge in [-0.15, -0.1) is 0 Å². The van der Waals surface area contributed by atoms with Crippen molar-refractivity contribution in [3.05, 3.63) is 53.2 Å². The fraction of sp³-hybridized carbons (Fsp3) is 0.565. The van der Waals surface area contributed by atoms with Gasteiger partial charge in [-0.25, -0.2) is 4.98 Å². The van der Waals surface area contributed by atoms with Gasteiger partial charge in [0.2, 0.25) is 5.89 Å². The van der Waals surface area contributed by atoms with E-state index in [2.05, 4.69) is 74.1 Å². The molecule has 0 fully saturated rings. The number of amides is 1. The Morgan fingerprint density at radius 2 is 1.79 bits per heavy atom. The Labute approximate surface area is 169 Å². The lowest BCUT2D eigenvalue weighted by Crippen LogP contribution is -2.32. The number of hydrogen-bond acceptors (Lipinski definition) is 4. The minimum absolute atomic E-state index is 0.0698. The summed E-state index contributed by atoms with van der Waals surface area (Å²) in [6, 6.07) is 9.27. The first-order chi connectivity index (χ1) is 13.1. The molecule has 1 amide bonds. The zero-order valence-corrected chi connectivity index (χ0v) is 18.4. The number of nitrogens with zero attached hydrogens (tertiary/aromatic N) is 2. The SMILES string of the molecule is CCC(C)N(Cc1ccc(C(C)(C)C)cc1)Cc1nc(C(=O)NC(C)C)co1. The summed E-state index contributed by atoms with van der Waals surface area (Å²) in [4.78, 5) is 18.8. The van der Waals surface area contributed by atoms with Crippen LogP contribution in [0.15, 0.2) is 34.9 Å². The van der Waals surface area contributed by atoms with Crippen LogP contribution < -0.4 is 5.32 Å². The smallest absolute Gasteiger partial charge is 0.273 e. The van der Waals surface area contributed by atoms with Crippen LogP contribution in [0.4, 0.5) is 0 Å².